The Labute approximate surface area is 219 Å². The summed E-state index contributed by atoms with van der Waals surface area (Å²) >= 11 is 0. The molecule has 3 N–H and O–H groups in total. The lowest BCUT2D eigenvalue weighted by Gasteiger charge is -2.31. The molecular weight excluding hydrogens is 490 g/mol. The van der Waals surface area contributed by atoms with Crippen LogP contribution in [-0.4, -0.2) is 63.2 Å². The van der Waals surface area contributed by atoms with Gasteiger partial charge < -0.3 is 25.3 Å². The zero-order chi connectivity index (χ0) is 27.4. The van der Waals surface area contributed by atoms with E-state index in [1.165, 1.54) is 24.7 Å². The van der Waals surface area contributed by atoms with E-state index in [0.29, 0.717) is 19.0 Å². The molecule has 2 aromatic heterocycles. The number of hydrogen-bond acceptors (Lipinski definition) is 8. The number of aryl methyl sites for hydroxylation is 1. The number of likely N-dealkylation sites (N-methyl/N-ethyl adjacent to an activating group) is 1. The standard InChI is InChI=1S/C26H33N7O5/c1-4-5-13-32-22-23(29-25(32)31-12-8-9-17(27)14-31)30(3)26(37)33(24(22)36)15-19(34)18-10-6-7-11-20(18)38-16-21(35)28-2/h4-7,10-11,17H,8-9,12-16,27H2,1-3H3,(H,28,35). The third-order valence-corrected chi connectivity index (χ3v) is 6.60. The number of Topliss-reactive ketones (excluding diaryl/α,β-unsaturated/α-hetero) is 1. The Morgan fingerprint density at radius 1 is 1.24 bits per heavy atom. The molecule has 12 heteroatoms. The summed E-state index contributed by atoms with van der Waals surface area (Å²) in [5.41, 5.74) is 5.58. The first kappa shape index (κ1) is 26.9. The summed E-state index contributed by atoms with van der Waals surface area (Å²) in [6.45, 7) is 2.80. The van der Waals surface area contributed by atoms with Crippen molar-refractivity contribution in [3.05, 3.63) is 62.8 Å². The fourth-order valence-corrected chi connectivity index (χ4v) is 4.58. The van der Waals surface area contributed by atoms with Crippen molar-refractivity contribution in [2.24, 2.45) is 12.8 Å². The van der Waals surface area contributed by atoms with Crippen molar-refractivity contribution in [2.45, 2.75) is 38.9 Å². The van der Waals surface area contributed by atoms with E-state index in [1.54, 1.807) is 22.8 Å². The molecule has 1 atom stereocenters. The normalized spacial score (nSPS) is 15.8. The SMILES string of the molecule is CC=CCn1c(N2CCCC(N)C2)nc2c1c(=O)n(CC(=O)c1ccccc1OCC(=O)NC)c(=O)n2C. The highest BCUT2D eigenvalue weighted by Gasteiger charge is 2.27. The number of aromatic nitrogens is 4. The maximum atomic E-state index is 13.7. The maximum Gasteiger partial charge on any atom is 0.332 e. The average Bonchev–Trinajstić information content (AvgIpc) is 3.31. The van der Waals surface area contributed by atoms with E-state index in [-0.39, 0.29) is 41.0 Å². The number of hydrogen-bond donors (Lipinski definition) is 2. The van der Waals surface area contributed by atoms with Crippen molar-refractivity contribution in [1.82, 2.24) is 24.0 Å². The minimum Gasteiger partial charge on any atom is -0.483 e. The van der Waals surface area contributed by atoms with Crippen molar-refractivity contribution < 1.29 is 14.3 Å². The van der Waals surface area contributed by atoms with Gasteiger partial charge in [0.2, 0.25) is 5.95 Å². The van der Waals surface area contributed by atoms with E-state index in [4.69, 9.17) is 15.5 Å². The molecule has 38 heavy (non-hydrogen) atoms. The van der Waals surface area contributed by atoms with E-state index in [9.17, 15) is 19.2 Å². The van der Waals surface area contributed by atoms with Gasteiger partial charge in [0.25, 0.3) is 11.5 Å². The number of rotatable bonds is 9. The Kier molecular flexibility index (Phi) is 8.10. The monoisotopic (exact) mass is 523 g/mol. The molecule has 3 aromatic rings. The molecular formula is C26H33N7O5. The molecule has 3 heterocycles. The highest BCUT2D eigenvalue weighted by molar-refractivity contribution is 5.98. The number of anilines is 1. The zero-order valence-electron chi connectivity index (χ0n) is 21.8. The zero-order valence-corrected chi connectivity index (χ0v) is 21.8. The van der Waals surface area contributed by atoms with E-state index >= 15 is 0 Å². The number of nitrogens with zero attached hydrogens (tertiary/aromatic N) is 5. The summed E-state index contributed by atoms with van der Waals surface area (Å²) in [4.78, 5) is 58.7. The minimum atomic E-state index is -0.655. The van der Waals surface area contributed by atoms with Gasteiger partial charge in [-0.1, -0.05) is 24.3 Å². The number of allylic oxidation sites excluding steroid dienone is 2. The van der Waals surface area contributed by atoms with Gasteiger partial charge in [-0.2, -0.15) is 4.98 Å². The number of amides is 1. The van der Waals surface area contributed by atoms with E-state index in [0.717, 1.165) is 24.0 Å². The van der Waals surface area contributed by atoms with Crippen LogP contribution in [0.2, 0.25) is 0 Å². The Bertz CT molecular complexity index is 1500. The van der Waals surface area contributed by atoms with E-state index in [1.807, 2.05) is 24.0 Å². The van der Waals surface area contributed by atoms with Crippen molar-refractivity contribution in [1.29, 1.82) is 0 Å². The Balaban J connectivity index is 1.78. The molecule has 12 nitrogen and oxygen atoms in total. The molecule has 1 amide bonds. The lowest BCUT2D eigenvalue weighted by molar-refractivity contribution is -0.122. The van der Waals surface area contributed by atoms with Crippen LogP contribution in [0.4, 0.5) is 5.95 Å². The second kappa shape index (κ2) is 11.5. The number of para-hydroxylation sites is 1. The largest absolute Gasteiger partial charge is 0.483 e. The summed E-state index contributed by atoms with van der Waals surface area (Å²) in [7, 11) is 3.01. The van der Waals surface area contributed by atoms with Crippen LogP contribution in [0.5, 0.6) is 5.75 Å². The molecule has 1 fully saturated rings. The van der Waals surface area contributed by atoms with Crippen LogP contribution in [0.3, 0.4) is 0 Å². The molecule has 1 aromatic carbocycles. The third-order valence-electron chi connectivity index (χ3n) is 6.60. The van der Waals surface area contributed by atoms with Gasteiger partial charge in [0.05, 0.1) is 12.1 Å². The topological polar surface area (TPSA) is 146 Å². The maximum absolute atomic E-state index is 13.7. The predicted molar refractivity (Wildman–Crippen MR) is 144 cm³/mol. The molecule has 1 saturated heterocycles. The Hall–Kier alpha value is -4.19. The van der Waals surface area contributed by atoms with Gasteiger partial charge in [0.1, 0.15) is 5.75 Å². The number of benzene rings is 1. The van der Waals surface area contributed by atoms with Crippen molar-refractivity contribution in [3.8, 4) is 5.75 Å². The number of carbonyl (C=O) groups is 2. The Morgan fingerprint density at radius 2 is 2.00 bits per heavy atom. The van der Waals surface area contributed by atoms with Gasteiger partial charge >= 0.3 is 5.69 Å². The van der Waals surface area contributed by atoms with Crippen molar-refractivity contribution >= 4 is 28.8 Å². The van der Waals surface area contributed by atoms with E-state index in [2.05, 4.69) is 5.32 Å². The average molecular weight is 524 g/mol. The molecule has 0 aliphatic carbocycles. The lowest BCUT2D eigenvalue weighted by atomic mass is 10.1. The van der Waals surface area contributed by atoms with Crippen LogP contribution in [0, 0.1) is 0 Å². The van der Waals surface area contributed by atoms with Gasteiger partial charge in [-0.25, -0.2) is 4.79 Å². The summed E-state index contributed by atoms with van der Waals surface area (Å²) in [6, 6.07) is 6.39. The van der Waals surface area contributed by atoms with Gasteiger partial charge in [0.15, 0.2) is 23.6 Å². The number of nitrogens with one attached hydrogen (secondary N) is 1. The number of carbonyl (C=O) groups excluding carboxylic acids is 2. The quantitative estimate of drug-likeness (QED) is 0.303. The summed E-state index contributed by atoms with van der Waals surface area (Å²) in [5, 5.41) is 2.45. The molecule has 0 radical (unpaired) electrons. The smallest absolute Gasteiger partial charge is 0.332 e. The van der Waals surface area contributed by atoms with Crippen molar-refractivity contribution in [2.75, 3.05) is 31.6 Å². The highest BCUT2D eigenvalue weighted by atomic mass is 16.5. The minimum absolute atomic E-state index is 0.0116. The first-order chi connectivity index (χ1) is 18.3. The number of ketones is 1. The summed E-state index contributed by atoms with van der Waals surface area (Å²) < 4.78 is 9.48. The van der Waals surface area contributed by atoms with Crippen molar-refractivity contribution in [3.63, 3.8) is 0 Å². The van der Waals surface area contributed by atoms with Crippen LogP contribution >= 0.6 is 0 Å². The van der Waals surface area contributed by atoms with Gasteiger partial charge in [0, 0.05) is 39.8 Å². The number of piperidine rings is 1. The fraction of sp³-hybridized carbons (Fsp3) is 0.423. The molecule has 0 spiro atoms. The fourth-order valence-electron chi connectivity index (χ4n) is 4.58. The number of fused-ring (bicyclic) bond motifs is 1. The second-order valence-electron chi connectivity index (χ2n) is 9.23. The van der Waals surface area contributed by atoms with Crippen LogP contribution in [0.15, 0.2) is 46.0 Å². The molecule has 0 bridgehead atoms. The predicted octanol–water partition coefficient (Wildman–Crippen LogP) is 0.408. The highest BCUT2D eigenvalue weighted by Crippen LogP contribution is 2.23. The van der Waals surface area contributed by atoms with Crippen LogP contribution in [0.25, 0.3) is 11.2 Å². The van der Waals surface area contributed by atoms with Gasteiger partial charge in [-0.15, -0.1) is 0 Å². The van der Waals surface area contributed by atoms with Crippen LogP contribution in [-0.2, 0) is 24.9 Å². The third kappa shape index (κ3) is 5.25. The molecule has 1 aliphatic heterocycles. The van der Waals surface area contributed by atoms with Crippen LogP contribution < -0.4 is 31.9 Å². The first-order valence-corrected chi connectivity index (χ1v) is 12.5. The summed E-state index contributed by atoms with van der Waals surface area (Å²) in [5.74, 6) is -0.105. The van der Waals surface area contributed by atoms with Gasteiger partial charge in [-0.3, -0.25) is 23.5 Å². The Morgan fingerprint density at radius 3 is 2.71 bits per heavy atom. The molecule has 1 unspecified atom stereocenters. The number of nitrogens with two attached hydrogens (primary N) is 1. The molecule has 202 valence electrons. The van der Waals surface area contributed by atoms with Gasteiger partial charge in [-0.05, 0) is 31.9 Å². The molecule has 1 aliphatic rings. The lowest BCUT2D eigenvalue weighted by Crippen LogP contribution is -2.44. The number of imidazole rings is 1. The number of ether oxygens (including phenoxy) is 1. The second-order valence-corrected chi connectivity index (χ2v) is 9.23. The van der Waals surface area contributed by atoms with E-state index < -0.39 is 23.6 Å². The summed E-state index contributed by atoms with van der Waals surface area (Å²) in [6.07, 6.45) is 5.58. The first-order valence-electron chi connectivity index (χ1n) is 12.5. The molecule has 4 rings (SSSR count). The van der Waals surface area contributed by atoms with Crippen LogP contribution in [0.1, 0.15) is 30.1 Å². The molecule has 0 saturated carbocycles.